The highest BCUT2D eigenvalue weighted by molar-refractivity contribution is 5.81. The molecule has 0 aliphatic heterocycles. The molecule has 25 heavy (non-hydrogen) atoms. The van der Waals surface area contributed by atoms with Crippen LogP contribution >= 0.6 is 0 Å². The van der Waals surface area contributed by atoms with E-state index in [2.05, 4.69) is 53.6 Å². The van der Waals surface area contributed by atoms with Crippen LogP contribution in [-0.2, 0) is 17.9 Å². The number of hydrogen-bond acceptors (Lipinski definition) is 4. The minimum Gasteiger partial charge on any atom is -0.496 e. The summed E-state index contributed by atoms with van der Waals surface area (Å²) in [5, 5.41) is 4.76. The number of aromatic nitrogens is 1. The maximum atomic E-state index is 5.40. The number of ether oxygens (including phenoxy) is 2. The molecule has 4 heteroatoms. The number of nitrogens with one attached hydrogen (secondary N) is 1. The number of methoxy groups -OCH3 is 2. The van der Waals surface area contributed by atoms with Crippen molar-refractivity contribution in [2.24, 2.45) is 0 Å². The molecule has 0 amide bonds. The van der Waals surface area contributed by atoms with Crippen LogP contribution in [0.5, 0.6) is 5.75 Å². The van der Waals surface area contributed by atoms with Crippen molar-refractivity contribution < 1.29 is 9.47 Å². The topological polar surface area (TPSA) is 43.4 Å². The van der Waals surface area contributed by atoms with E-state index >= 15 is 0 Å². The van der Waals surface area contributed by atoms with Crippen LogP contribution in [0.2, 0.25) is 0 Å². The lowest BCUT2D eigenvalue weighted by atomic mass is 10.0. The van der Waals surface area contributed by atoms with E-state index in [0.29, 0.717) is 6.61 Å². The first kappa shape index (κ1) is 17.4. The second-order valence-electron chi connectivity index (χ2n) is 6.10. The predicted octanol–water partition coefficient (Wildman–Crippen LogP) is 4.24. The van der Waals surface area contributed by atoms with Gasteiger partial charge in [0.1, 0.15) is 5.75 Å². The minimum absolute atomic E-state index is 0.209. The third-order valence-corrected chi connectivity index (χ3v) is 4.42. The number of fused-ring (bicyclic) bond motifs is 1. The standard InChI is InChI=1S/C21H24N2O2/c1-15(17-9-10-20(25-3)19(12-17)14-24-2)23-13-18-7-4-6-16-8-5-11-22-21(16)18/h4-12,15,23H,13-14H2,1-3H3. The number of nitrogens with zero attached hydrogens (tertiary/aromatic N) is 1. The van der Waals surface area contributed by atoms with Gasteiger partial charge < -0.3 is 14.8 Å². The Kier molecular flexibility index (Phi) is 5.64. The van der Waals surface area contributed by atoms with Crippen molar-refractivity contribution in [1.29, 1.82) is 0 Å². The highest BCUT2D eigenvalue weighted by Crippen LogP contribution is 2.24. The molecule has 0 spiro atoms. The number of benzene rings is 2. The molecule has 2 aromatic carbocycles. The molecule has 3 aromatic rings. The number of pyridine rings is 1. The fourth-order valence-electron chi connectivity index (χ4n) is 3.03. The van der Waals surface area contributed by atoms with Crippen LogP contribution in [0.1, 0.15) is 29.7 Å². The second-order valence-corrected chi connectivity index (χ2v) is 6.10. The molecule has 4 nitrogen and oxygen atoms in total. The monoisotopic (exact) mass is 336 g/mol. The Labute approximate surface area is 148 Å². The van der Waals surface area contributed by atoms with Crippen LogP contribution in [0.3, 0.4) is 0 Å². The van der Waals surface area contributed by atoms with Gasteiger partial charge in [-0.25, -0.2) is 0 Å². The average Bonchev–Trinajstić information content (AvgIpc) is 2.66. The Balaban J connectivity index is 1.76. The van der Waals surface area contributed by atoms with Gasteiger partial charge in [0.15, 0.2) is 0 Å². The van der Waals surface area contributed by atoms with Gasteiger partial charge in [0.2, 0.25) is 0 Å². The van der Waals surface area contributed by atoms with Crippen molar-refractivity contribution in [3.05, 3.63) is 71.4 Å². The molecular formula is C21H24N2O2. The van der Waals surface area contributed by atoms with Crippen LogP contribution < -0.4 is 10.1 Å². The predicted molar refractivity (Wildman–Crippen MR) is 101 cm³/mol. The summed E-state index contributed by atoms with van der Waals surface area (Å²) < 4.78 is 10.7. The molecule has 1 unspecified atom stereocenters. The molecule has 1 aromatic heterocycles. The summed E-state index contributed by atoms with van der Waals surface area (Å²) in [7, 11) is 3.38. The van der Waals surface area contributed by atoms with E-state index < -0.39 is 0 Å². The Morgan fingerprint density at radius 2 is 1.88 bits per heavy atom. The molecule has 3 rings (SSSR count). The highest BCUT2D eigenvalue weighted by Gasteiger charge is 2.10. The first-order chi connectivity index (χ1) is 12.2. The summed E-state index contributed by atoms with van der Waals surface area (Å²) >= 11 is 0. The smallest absolute Gasteiger partial charge is 0.124 e. The zero-order valence-corrected chi connectivity index (χ0v) is 15.0. The first-order valence-corrected chi connectivity index (χ1v) is 8.44. The molecule has 0 saturated carbocycles. The number of rotatable bonds is 7. The van der Waals surface area contributed by atoms with Crippen LogP contribution in [0.15, 0.2) is 54.7 Å². The molecule has 1 N–H and O–H groups in total. The van der Waals surface area contributed by atoms with Crippen molar-refractivity contribution >= 4 is 10.9 Å². The summed E-state index contributed by atoms with van der Waals surface area (Å²) in [5.74, 6) is 0.857. The van der Waals surface area contributed by atoms with E-state index in [9.17, 15) is 0 Å². The van der Waals surface area contributed by atoms with Gasteiger partial charge in [0.05, 0.1) is 19.2 Å². The van der Waals surface area contributed by atoms with Crippen molar-refractivity contribution in [2.45, 2.75) is 26.1 Å². The number of para-hydroxylation sites is 1. The molecule has 0 saturated heterocycles. The Morgan fingerprint density at radius 3 is 2.68 bits per heavy atom. The van der Waals surface area contributed by atoms with Crippen molar-refractivity contribution in [2.75, 3.05) is 14.2 Å². The van der Waals surface area contributed by atoms with Gasteiger partial charge in [-0.15, -0.1) is 0 Å². The van der Waals surface area contributed by atoms with Gasteiger partial charge >= 0.3 is 0 Å². The third kappa shape index (κ3) is 3.98. The Morgan fingerprint density at radius 1 is 1.04 bits per heavy atom. The molecule has 0 radical (unpaired) electrons. The fraction of sp³-hybridized carbons (Fsp3) is 0.286. The Hall–Kier alpha value is -2.43. The lowest BCUT2D eigenvalue weighted by Crippen LogP contribution is -2.18. The molecule has 1 heterocycles. The van der Waals surface area contributed by atoms with E-state index in [1.54, 1.807) is 14.2 Å². The van der Waals surface area contributed by atoms with E-state index in [1.807, 2.05) is 18.3 Å². The van der Waals surface area contributed by atoms with E-state index in [1.165, 1.54) is 16.5 Å². The van der Waals surface area contributed by atoms with Crippen LogP contribution in [0.25, 0.3) is 10.9 Å². The van der Waals surface area contributed by atoms with E-state index in [0.717, 1.165) is 23.4 Å². The zero-order chi connectivity index (χ0) is 17.6. The van der Waals surface area contributed by atoms with Crippen molar-refractivity contribution in [3.8, 4) is 5.75 Å². The molecule has 0 aliphatic rings. The summed E-state index contributed by atoms with van der Waals surface area (Å²) in [6.45, 7) is 3.47. The maximum Gasteiger partial charge on any atom is 0.124 e. The van der Waals surface area contributed by atoms with Crippen molar-refractivity contribution in [3.63, 3.8) is 0 Å². The third-order valence-electron chi connectivity index (χ3n) is 4.42. The van der Waals surface area contributed by atoms with Crippen LogP contribution in [0.4, 0.5) is 0 Å². The summed E-state index contributed by atoms with van der Waals surface area (Å²) in [4.78, 5) is 4.52. The normalized spacial score (nSPS) is 12.3. The van der Waals surface area contributed by atoms with Crippen molar-refractivity contribution in [1.82, 2.24) is 10.3 Å². The second kappa shape index (κ2) is 8.10. The molecule has 0 fully saturated rings. The van der Waals surface area contributed by atoms with E-state index in [4.69, 9.17) is 9.47 Å². The van der Waals surface area contributed by atoms with Gasteiger partial charge in [0, 0.05) is 36.8 Å². The van der Waals surface area contributed by atoms with E-state index in [-0.39, 0.29) is 6.04 Å². The SMILES string of the molecule is COCc1cc(C(C)NCc2cccc3cccnc23)ccc1OC. The average molecular weight is 336 g/mol. The molecular weight excluding hydrogens is 312 g/mol. The van der Waals surface area contributed by atoms with Gasteiger partial charge in [-0.2, -0.15) is 0 Å². The quantitative estimate of drug-likeness (QED) is 0.701. The summed E-state index contributed by atoms with van der Waals surface area (Å²) in [5.41, 5.74) is 4.53. The summed E-state index contributed by atoms with van der Waals surface area (Å²) in [6.07, 6.45) is 1.84. The minimum atomic E-state index is 0.209. The van der Waals surface area contributed by atoms with Gasteiger partial charge in [-0.05, 0) is 36.2 Å². The van der Waals surface area contributed by atoms with Gasteiger partial charge in [-0.3, -0.25) is 4.98 Å². The van der Waals surface area contributed by atoms with Gasteiger partial charge in [0.25, 0.3) is 0 Å². The first-order valence-electron chi connectivity index (χ1n) is 8.44. The molecule has 0 bridgehead atoms. The lowest BCUT2D eigenvalue weighted by Gasteiger charge is -2.17. The highest BCUT2D eigenvalue weighted by atomic mass is 16.5. The summed E-state index contributed by atoms with van der Waals surface area (Å²) in [6, 6.07) is 16.8. The van der Waals surface area contributed by atoms with Crippen LogP contribution in [-0.4, -0.2) is 19.2 Å². The molecule has 1 atom stereocenters. The van der Waals surface area contributed by atoms with Crippen LogP contribution in [0, 0.1) is 0 Å². The Bertz CT molecular complexity index is 843. The zero-order valence-electron chi connectivity index (χ0n) is 15.0. The maximum absolute atomic E-state index is 5.40. The fourth-order valence-corrected chi connectivity index (χ4v) is 3.03. The lowest BCUT2D eigenvalue weighted by molar-refractivity contribution is 0.181. The molecule has 0 aliphatic carbocycles. The molecule has 130 valence electrons. The number of hydrogen-bond donors (Lipinski definition) is 1. The largest absolute Gasteiger partial charge is 0.496 e. The van der Waals surface area contributed by atoms with Gasteiger partial charge in [-0.1, -0.05) is 30.3 Å².